The van der Waals surface area contributed by atoms with Crippen molar-refractivity contribution in [3.8, 4) is 34.2 Å². The number of fused-ring (bicyclic) bond motifs is 1. The van der Waals surface area contributed by atoms with Gasteiger partial charge in [-0.05, 0) is 59.5 Å². The molecule has 1 atom stereocenters. The Hall–Kier alpha value is -3.83. The first kappa shape index (κ1) is 24.2. The first-order chi connectivity index (χ1) is 19.2. The molecule has 0 saturated carbocycles. The fraction of sp³-hybridized carbons (Fsp3) is 0.344. The molecule has 39 heavy (non-hydrogen) atoms. The highest BCUT2D eigenvalue weighted by Gasteiger charge is 2.33. The maximum atomic E-state index is 9.96. The molecule has 3 aliphatic rings. The summed E-state index contributed by atoms with van der Waals surface area (Å²) in [6, 6.07) is 26.1. The number of likely N-dealkylation sites (tertiary alicyclic amines) is 1. The van der Waals surface area contributed by atoms with Crippen LogP contribution in [0.4, 0.5) is 5.69 Å². The zero-order valence-electron chi connectivity index (χ0n) is 21.9. The van der Waals surface area contributed by atoms with Crippen LogP contribution in [0.5, 0.6) is 5.75 Å². The Bertz CT molecular complexity index is 1510. The highest BCUT2D eigenvalue weighted by Crippen LogP contribution is 2.35. The third-order valence-electron chi connectivity index (χ3n) is 8.24. The number of ether oxygens (including phenoxy) is 3. The summed E-state index contributed by atoms with van der Waals surface area (Å²) in [4.78, 5) is 8.40. The van der Waals surface area contributed by atoms with Crippen LogP contribution in [0.15, 0.2) is 66.7 Å². The Kier molecular flexibility index (Phi) is 6.45. The predicted molar refractivity (Wildman–Crippen MR) is 152 cm³/mol. The Morgan fingerprint density at radius 2 is 1.72 bits per heavy atom. The number of H-pyrrole nitrogens is 1. The van der Waals surface area contributed by atoms with E-state index in [0.717, 1.165) is 92.3 Å². The lowest BCUT2D eigenvalue weighted by atomic mass is 9.99. The second kappa shape index (κ2) is 10.4. The fourth-order valence-corrected chi connectivity index (χ4v) is 5.92. The summed E-state index contributed by atoms with van der Waals surface area (Å²) in [5.41, 5.74) is 7.21. The monoisotopic (exact) mass is 520 g/mol. The zero-order valence-corrected chi connectivity index (χ0v) is 21.9. The van der Waals surface area contributed by atoms with Gasteiger partial charge < -0.3 is 24.1 Å². The van der Waals surface area contributed by atoms with Gasteiger partial charge in [0, 0.05) is 48.5 Å². The molecule has 1 aromatic heterocycles. The minimum absolute atomic E-state index is 0.105. The number of nitriles is 1. The van der Waals surface area contributed by atoms with E-state index in [1.165, 1.54) is 5.69 Å². The minimum Gasteiger partial charge on any atom is -0.488 e. The first-order valence-corrected chi connectivity index (χ1v) is 13.8. The normalized spacial score (nSPS) is 20.2. The van der Waals surface area contributed by atoms with Crippen LogP contribution in [-0.2, 0) is 9.47 Å². The quantitative estimate of drug-likeness (QED) is 0.383. The van der Waals surface area contributed by atoms with Crippen molar-refractivity contribution in [1.29, 1.82) is 5.26 Å². The van der Waals surface area contributed by atoms with Gasteiger partial charge in [0.05, 0.1) is 38.0 Å². The zero-order chi connectivity index (χ0) is 26.2. The van der Waals surface area contributed by atoms with E-state index in [0.29, 0.717) is 17.4 Å². The molecule has 0 aliphatic carbocycles. The number of nitrogens with one attached hydrogen (secondary N) is 1. The SMILES string of the molecule is N#Cc1cc(-c2cccc3[nH]c(-c4ccc(N5CCOCC5)cc4)cc23)ccc1O[C@@H]1CCN(C2COC2)C1. The standard InChI is InChI=1S/C32H32N4O3/c33-18-24-16-23(6-9-32(24)39-27-10-11-36(19-27)26-20-38-21-26)28-2-1-3-30-29(28)17-31(34-30)22-4-7-25(8-5-22)35-12-14-37-15-13-35/h1-9,16-17,26-27,34H,10-15,19-21H2/t27-/m1/s1. The van der Waals surface area contributed by atoms with Gasteiger partial charge in [-0.15, -0.1) is 0 Å². The van der Waals surface area contributed by atoms with Crippen molar-refractivity contribution in [1.82, 2.24) is 9.88 Å². The lowest BCUT2D eigenvalue weighted by Crippen LogP contribution is -2.48. The number of hydrogen-bond donors (Lipinski definition) is 1. The number of rotatable bonds is 6. The van der Waals surface area contributed by atoms with Crippen molar-refractivity contribution < 1.29 is 14.2 Å². The molecule has 0 amide bonds. The van der Waals surface area contributed by atoms with Gasteiger partial charge in [0.25, 0.3) is 0 Å². The van der Waals surface area contributed by atoms with Gasteiger partial charge in [-0.25, -0.2) is 0 Å². The molecular weight excluding hydrogens is 488 g/mol. The molecule has 3 saturated heterocycles. The molecule has 7 rings (SSSR count). The number of nitrogens with zero attached hydrogens (tertiary/aromatic N) is 3. The summed E-state index contributed by atoms with van der Waals surface area (Å²) in [6.07, 6.45) is 1.08. The van der Waals surface area contributed by atoms with E-state index in [9.17, 15) is 5.26 Å². The molecule has 3 aromatic carbocycles. The van der Waals surface area contributed by atoms with Crippen molar-refractivity contribution >= 4 is 16.6 Å². The molecule has 3 aliphatic heterocycles. The van der Waals surface area contributed by atoms with Crippen LogP contribution >= 0.6 is 0 Å². The predicted octanol–water partition coefficient (Wildman–Crippen LogP) is 5.06. The third-order valence-corrected chi connectivity index (χ3v) is 8.24. The van der Waals surface area contributed by atoms with E-state index in [-0.39, 0.29) is 6.10 Å². The molecule has 7 nitrogen and oxygen atoms in total. The van der Waals surface area contributed by atoms with Crippen LogP contribution in [0.1, 0.15) is 12.0 Å². The van der Waals surface area contributed by atoms with Gasteiger partial charge in [0.1, 0.15) is 17.9 Å². The average Bonchev–Trinajstić information content (AvgIpc) is 3.60. The smallest absolute Gasteiger partial charge is 0.137 e. The fourth-order valence-electron chi connectivity index (χ4n) is 5.92. The van der Waals surface area contributed by atoms with Gasteiger partial charge in [-0.2, -0.15) is 5.26 Å². The molecule has 1 N–H and O–H groups in total. The van der Waals surface area contributed by atoms with E-state index < -0.39 is 0 Å². The summed E-state index contributed by atoms with van der Waals surface area (Å²) in [5.74, 6) is 0.667. The first-order valence-electron chi connectivity index (χ1n) is 13.8. The number of hydrogen-bond acceptors (Lipinski definition) is 6. The van der Waals surface area contributed by atoms with Gasteiger partial charge in [-0.1, -0.05) is 30.3 Å². The van der Waals surface area contributed by atoms with Gasteiger partial charge in [-0.3, -0.25) is 4.90 Å². The number of benzene rings is 3. The molecule has 3 fully saturated rings. The molecule has 0 bridgehead atoms. The van der Waals surface area contributed by atoms with E-state index in [4.69, 9.17) is 14.2 Å². The number of morpholine rings is 1. The minimum atomic E-state index is 0.105. The molecule has 198 valence electrons. The number of aromatic amines is 1. The molecule has 4 aromatic rings. The van der Waals surface area contributed by atoms with Gasteiger partial charge in [0.2, 0.25) is 0 Å². The molecule has 0 unspecified atom stereocenters. The third kappa shape index (κ3) is 4.76. The number of anilines is 1. The second-order valence-corrected chi connectivity index (χ2v) is 10.6. The second-order valence-electron chi connectivity index (χ2n) is 10.6. The topological polar surface area (TPSA) is 73.8 Å². The van der Waals surface area contributed by atoms with Crippen molar-refractivity contribution in [3.63, 3.8) is 0 Å². The summed E-state index contributed by atoms with van der Waals surface area (Å²) in [6.45, 7) is 6.96. The molecule has 7 heteroatoms. The Morgan fingerprint density at radius 3 is 2.49 bits per heavy atom. The lowest BCUT2D eigenvalue weighted by molar-refractivity contribution is -0.0592. The van der Waals surface area contributed by atoms with E-state index in [1.807, 2.05) is 12.1 Å². The Morgan fingerprint density at radius 1 is 0.897 bits per heavy atom. The maximum absolute atomic E-state index is 9.96. The van der Waals surface area contributed by atoms with Crippen LogP contribution in [0.3, 0.4) is 0 Å². The van der Waals surface area contributed by atoms with Gasteiger partial charge in [0.15, 0.2) is 0 Å². The van der Waals surface area contributed by atoms with Crippen LogP contribution in [-0.4, -0.2) is 74.6 Å². The summed E-state index contributed by atoms with van der Waals surface area (Å²) >= 11 is 0. The van der Waals surface area contributed by atoms with Crippen molar-refractivity contribution in [2.24, 2.45) is 0 Å². The molecule has 4 heterocycles. The molecule has 0 spiro atoms. The van der Waals surface area contributed by atoms with E-state index in [1.54, 1.807) is 0 Å². The van der Waals surface area contributed by atoms with E-state index >= 15 is 0 Å². The summed E-state index contributed by atoms with van der Waals surface area (Å²) in [7, 11) is 0. The van der Waals surface area contributed by atoms with Crippen LogP contribution < -0.4 is 9.64 Å². The Balaban J connectivity index is 1.13. The maximum Gasteiger partial charge on any atom is 0.137 e. The van der Waals surface area contributed by atoms with Crippen LogP contribution in [0.2, 0.25) is 0 Å². The largest absolute Gasteiger partial charge is 0.488 e. The van der Waals surface area contributed by atoms with Crippen LogP contribution in [0.25, 0.3) is 33.3 Å². The van der Waals surface area contributed by atoms with Crippen LogP contribution in [0, 0.1) is 11.3 Å². The highest BCUT2D eigenvalue weighted by atomic mass is 16.5. The average molecular weight is 521 g/mol. The summed E-state index contributed by atoms with van der Waals surface area (Å²) < 4.78 is 17.1. The number of aromatic nitrogens is 1. The van der Waals surface area contributed by atoms with Crippen molar-refractivity contribution in [2.75, 3.05) is 57.5 Å². The van der Waals surface area contributed by atoms with Crippen molar-refractivity contribution in [3.05, 3.63) is 72.3 Å². The van der Waals surface area contributed by atoms with Crippen molar-refractivity contribution in [2.45, 2.75) is 18.6 Å². The molecule has 0 radical (unpaired) electrons. The van der Waals surface area contributed by atoms with Gasteiger partial charge >= 0.3 is 0 Å². The molecular formula is C32H32N4O3. The van der Waals surface area contributed by atoms with E-state index in [2.05, 4.69) is 75.5 Å². The summed E-state index contributed by atoms with van der Waals surface area (Å²) in [5, 5.41) is 11.1. The Labute approximate surface area is 228 Å². The highest BCUT2D eigenvalue weighted by molar-refractivity contribution is 5.98. The lowest BCUT2D eigenvalue weighted by Gasteiger charge is -2.34.